The molecule has 0 spiro atoms. The quantitative estimate of drug-likeness (QED) is 0.886. The van der Waals surface area contributed by atoms with Crippen molar-refractivity contribution in [3.63, 3.8) is 0 Å². The van der Waals surface area contributed by atoms with Crippen LogP contribution in [0.5, 0.6) is 5.75 Å². The molecule has 0 heterocycles. The summed E-state index contributed by atoms with van der Waals surface area (Å²) in [5.74, 6) is 0.193. The van der Waals surface area contributed by atoms with Crippen LogP contribution in [0.3, 0.4) is 0 Å². The van der Waals surface area contributed by atoms with E-state index in [1.165, 1.54) is 4.90 Å². The van der Waals surface area contributed by atoms with Gasteiger partial charge in [0, 0.05) is 5.54 Å². The van der Waals surface area contributed by atoms with Crippen LogP contribution in [0.25, 0.3) is 11.1 Å². The van der Waals surface area contributed by atoms with Crippen LogP contribution in [-0.4, -0.2) is 26.7 Å². The number of aromatic hydroxyl groups is 1. The van der Waals surface area contributed by atoms with Gasteiger partial charge in [-0.25, -0.2) is 4.79 Å². The number of hydrogen-bond acceptors (Lipinski definition) is 2. The van der Waals surface area contributed by atoms with E-state index in [9.17, 15) is 15.0 Å². The summed E-state index contributed by atoms with van der Waals surface area (Å²) in [5, 5.41) is 19.1. The number of hydrogen-bond donors (Lipinski definition) is 2. The molecule has 2 N–H and O–H groups in total. The summed E-state index contributed by atoms with van der Waals surface area (Å²) in [7, 11) is 0. The second-order valence-corrected chi connectivity index (χ2v) is 6.25. The minimum atomic E-state index is -0.946. The normalized spacial score (nSPS) is 11.2. The maximum atomic E-state index is 11.5. The predicted octanol–water partition coefficient (Wildman–Crippen LogP) is 4.34. The smallest absolute Gasteiger partial charge is 0.408 e. The molecular formula is C18H21NO3. The molecule has 0 aliphatic heterocycles. The number of carboxylic acid groups (broad SMARTS) is 1. The van der Waals surface area contributed by atoms with Crippen LogP contribution >= 0.6 is 0 Å². The van der Waals surface area contributed by atoms with Gasteiger partial charge in [0.05, 0.1) is 6.54 Å². The molecule has 22 heavy (non-hydrogen) atoms. The molecule has 4 heteroatoms. The third kappa shape index (κ3) is 3.58. The summed E-state index contributed by atoms with van der Waals surface area (Å²) in [6, 6.07) is 14.6. The van der Waals surface area contributed by atoms with Crippen molar-refractivity contribution in [2.75, 3.05) is 0 Å². The molecule has 2 aromatic carbocycles. The van der Waals surface area contributed by atoms with E-state index in [1.807, 2.05) is 51.1 Å². The van der Waals surface area contributed by atoms with Gasteiger partial charge >= 0.3 is 6.09 Å². The van der Waals surface area contributed by atoms with E-state index in [1.54, 1.807) is 18.2 Å². The highest BCUT2D eigenvalue weighted by Crippen LogP contribution is 2.29. The van der Waals surface area contributed by atoms with Gasteiger partial charge in [-0.1, -0.05) is 36.4 Å². The Morgan fingerprint density at radius 1 is 1.09 bits per heavy atom. The van der Waals surface area contributed by atoms with E-state index < -0.39 is 11.6 Å². The number of nitrogens with zero attached hydrogens (tertiary/aromatic N) is 1. The largest absolute Gasteiger partial charge is 0.508 e. The maximum absolute atomic E-state index is 11.5. The summed E-state index contributed by atoms with van der Waals surface area (Å²) in [6.07, 6.45) is -0.946. The van der Waals surface area contributed by atoms with Crippen LogP contribution in [0.4, 0.5) is 4.79 Å². The molecule has 0 aliphatic carbocycles. The molecule has 116 valence electrons. The third-order valence-corrected chi connectivity index (χ3v) is 3.54. The Balaban J connectivity index is 2.43. The molecule has 2 rings (SSSR count). The zero-order chi connectivity index (χ0) is 16.3. The molecule has 0 aromatic heterocycles. The second kappa shape index (κ2) is 6.10. The Hall–Kier alpha value is -2.49. The Morgan fingerprint density at radius 3 is 2.36 bits per heavy atom. The number of phenols is 1. The fourth-order valence-electron chi connectivity index (χ4n) is 2.38. The average Bonchev–Trinajstić information content (AvgIpc) is 2.43. The number of carbonyl (C=O) groups is 1. The molecule has 0 fully saturated rings. The Morgan fingerprint density at radius 2 is 1.77 bits per heavy atom. The third-order valence-electron chi connectivity index (χ3n) is 3.54. The standard InChI is InChI=1S/C18H21NO3/c1-18(2,3)19(17(21)22)12-14-7-4-5-10-16(14)13-8-6-9-15(20)11-13/h4-11,20H,12H2,1-3H3,(H,21,22). The predicted molar refractivity (Wildman–Crippen MR) is 86.9 cm³/mol. The van der Waals surface area contributed by atoms with Gasteiger partial charge in [-0.2, -0.15) is 0 Å². The SMILES string of the molecule is CC(C)(C)N(Cc1ccccc1-c1cccc(O)c1)C(=O)O. The van der Waals surface area contributed by atoms with E-state index in [0.29, 0.717) is 6.54 Å². The lowest BCUT2D eigenvalue weighted by molar-refractivity contribution is 0.0957. The van der Waals surface area contributed by atoms with E-state index in [-0.39, 0.29) is 5.75 Å². The highest BCUT2D eigenvalue weighted by atomic mass is 16.4. The van der Waals surface area contributed by atoms with E-state index in [0.717, 1.165) is 16.7 Å². The molecule has 0 bridgehead atoms. The van der Waals surface area contributed by atoms with Crippen molar-refractivity contribution in [3.8, 4) is 16.9 Å². The topological polar surface area (TPSA) is 60.8 Å². The molecule has 0 aliphatic rings. The Labute approximate surface area is 130 Å². The van der Waals surface area contributed by atoms with Gasteiger partial charge in [-0.3, -0.25) is 4.90 Å². The molecule has 2 aromatic rings. The van der Waals surface area contributed by atoms with Crippen LogP contribution in [0.15, 0.2) is 48.5 Å². The molecule has 0 unspecified atom stereocenters. The molecule has 0 saturated heterocycles. The maximum Gasteiger partial charge on any atom is 0.408 e. The van der Waals surface area contributed by atoms with Crippen molar-refractivity contribution in [2.45, 2.75) is 32.9 Å². The Bertz CT molecular complexity index is 674. The first kappa shape index (κ1) is 15.9. The van der Waals surface area contributed by atoms with Gasteiger partial charge < -0.3 is 10.2 Å². The van der Waals surface area contributed by atoms with Crippen molar-refractivity contribution >= 4 is 6.09 Å². The van der Waals surface area contributed by atoms with Crippen LogP contribution in [0, 0.1) is 0 Å². The lowest BCUT2D eigenvalue weighted by Crippen LogP contribution is -2.44. The van der Waals surface area contributed by atoms with Gasteiger partial charge in [0.15, 0.2) is 0 Å². The van der Waals surface area contributed by atoms with E-state index in [2.05, 4.69) is 0 Å². The van der Waals surface area contributed by atoms with Gasteiger partial charge in [0.1, 0.15) is 5.75 Å². The van der Waals surface area contributed by atoms with Crippen molar-refractivity contribution in [1.82, 2.24) is 4.90 Å². The number of amides is 1. The highest BCUT2D eigenvalue weighted by molar-refractivity contribution is 5.70. The molecular weight excluding hydrogens is 278 g/mol. The zero-order valence-corrected chi connectivity index (χ0v) is 13.1. The molecule has 0 saturated carbocycles. The molecule has 0 atom stereocenters. The first-order valence-electron chi connectivity index (χ1n) is 7.17. The summed E-state index contributed by atoms with van der Waals surface area (Å²) in [6.45, 7) is 5.92. The first-order valence-corrected chi connectivity index (χ1v) is 7.17. The van der Waals surface area contributed by atoms with Crippen LogP contribution in [-0.2, 0) is 6.54 Å². The fourth-order valence-corrected chi connectivity index (χ4v) is 2.38. The van der Waals surface area contributed by atoms with Crippen LogP contribution in [0.2, 0.25) is 0 Å². The Kier molecular flexibility index (Phi) is 4.40. The van der Waals surface area contributed by atoms with Gasteiger partial charge in [0.2, 0.25) is 0 Å². The minimum absolute atomic E-state index is 0.193. The lowest BCUT2D eigenvalue weighted by atomic mass is 9.97. The average molecular weight is 299 g/mol. The number of phenolic OH excluding ortho intramolecular Hbond substituents is 1. The number of benzene rings is 2. The van der Waals surface area contributed by atoms with Crippen LogP contribution in [0.1, 0.15) is 26.3 Å². The van der Waals surface area contributed by atoms with Gasteiger partial charge in [-0.05, 0) is 49.6 Å². The highest BCUT2D eigenvalue weighted by Gasteiger charge is 2.26. The molecule has 1 amide bonds. The summed E-state index contributed by atoms with van der Waals surface area (Å²) >= 11 is 0. The van der Waals surface area contributed by atoms with Gasteiger partial charge in [0.25, 0.3) is 0 Å². The second-order valence-electron chi connectivity index (χ2n) is 6.25. The van der Waals surface area contributed by atoms with Crippen molar-refractivity contribution < 1.29 is 15.0 Å². The van der Waals surface area contributed by atoms with Crippen LogP contribution < -0.4 is 0 Å². The van der Waals surface area contributed by atoms with E-state index >= 15 is 0 Å². The van der Waals surface area contributed by atoms with Crippen molar-refractivity contribution in [3.05, 3.63) is 54.1 Å². The summed E-state index contributed by atoms with van der Waals surface area (Å²) in [4.78, 5) is 12.9. The fraction of sp³-hybridized carbons (Fsp3) is 0.278. The van der Waals surface area contributed by atoms with Crippen molar-refractivity contribution in [1.29, 1.82) is 0 Å². The minimum Gasteiger partial charge on any atom is -0.508 e. The molecule has 0 radical (unpaired) electrons. The number of rotatable bonds is 3. The summed E-state index contributed by atoms with van der Waals surface area (Å²) < 4.78 is 0. The lowest BCUT2D eigenvalue weighted by Gasteiger charge is -2.33. The molecule has 4 nitrogen and oxygen atoms in total. The van der Waals surface area contributed by atoms with Crippen molar-refractivity contribution in [2.24, 2.45) is 0 Å². The summed E-state index contributed by atoms with van der Waals surface area (Å²) in [5.41, 5.74) is 2.21. The van der Waals surface area contributed by atoms with Gasteiger partial charge in [-0.15, -0.1) is 0 Å². The van der Waals surface area contributed by atoms with E-state index in [4.69, 9.17) is 0 Å². The zero-order valence-electron chi connectivity index (χ0n) is 13.1. The monoisotopic (exact) mass is 299 g/mol. The first-order chi connectivity index (χ1) is 10.3.